The van der Waals surface area contributed by atoms with Crippen molar-refractivity contribution in [2.75, 3.05) is 59.0 Å². The topological polar surface area (TPSA) is 36.0 Å². The summed E-state index contributed by atoms with van der Waals surface area (Å²) in [5, 5.41) is 0. The van der Waals surface area contributed by atoms with Crippen molar-refractivity contribution in [3.63, 3.8) is 0 Å². The molecule has 3 fully saturated rings. The van der Waals surface area contributed by atoms with Crippen molar-refractivity contribution < 1.29 is 9.53 Å². The summed E-state index contributed by atoms with van der Waals surface area (Å²) in [6.45, 7) is 13.2. The number of ether oxygens (including phenoxy) is 1. The number of piperazine rings is 1. The van der Waals surface area contributed by atoms with Crippen LogP contribution in [0.5, 0.6) is 0 Å². The maximum Gasteiger partial charge on any atom is 0.219 e. The normalized spacial score (nSPS) is 30.9. The lowest BCUT2D eigenvalue weighted by atomic mass is 10.0. The van der Waals surface area contributed by atoms with Crippen molar-refractivity contribution in [3.05, 3.63) is 0 Å². The number of hydrogen-bond acceptors (Lipinski definition) is 4. The summed E-state index contributed by atoms with van der Waals surface area (Å²) in [5.74, 6) is 1.80. The maximum absolute atomic E-state index is 11.4. The molecule has 3 rings (SSSR count). The average molecular weight is 309 g/mol. The molecule has 0 aromatic carbocycles. The Bertz CT molecular complexity index is 378. The van der Waals surface area contributed by atoms with E-state index in [9.17, 15) is 4.79 Å². The molecule has 1 aliphatic carbocycles. The molecule has 0 radical (unpaired) electrons. The van der Waals surface area contributed by atoms with Crippen LogP contribution in [-0.4, -0.2) is 85.7 Å². The predicted molar refractivity (Wildman–Crippen MR) is 86.8 cm³/mol. The molecule has 2 saturated heterocycles. The lowest BCUT2D eigenvalue weighted by Crippen LogP contribution is -2.53. The van der Waals surface area contributed by atoms with Crippen LogP contribution in [0.3, 0.4) is 0 Å². The van der Waals surface area contributed by atoms with Crippen LogP contribution in [0.2, 0.25) is 0 Å². The largest absolute Gasteiger partial charge is 0.380 e. The fraction of sp³-hybridized carbons (Fsp3) is 0.941. The van der Waals surface area contributed by atoms with Crippen LogP contribution in [-0.2, 0) is 9.53 Å². The molecule has 0 N–H and O–H groups in total. The van der Waals surface area contributed by atoms with Crippen LogP contribution in [0.1, 0.15) is 26.7 Å². The van der Waals surface area contributed by atoms with E-state index in [1.54, 1.807) is 6.92 Å². The molecule has 126 valence electrons. The predicted octanol–water partition coefficient (Wildman–Crippen LogP) is 0.897. The molecule has 22 heavy (non-hydrogen) atoms. The number of amides is 1. The van der Waals surface area contributed by atoms with Crippen LogP contribution in [0.15, 0.2) is 0 Å². The van der Waals surface area contributed by atoms with Crippen LogP contribution in [0.4, 0.5) is 0 Å². The van der Waals surface area contributed by atoms with Crippen LogP contribution in [0.25, 0.3) is 0 Å². The molecule has 0 bridgehead atoms. The van der Waals surface area contributed by atoms with Gasteiger partial charge in [0.05, 0.1) is 6.61 Å². The molecule has 3 aliphatic rings. The van der Waals surface area contributed by atoms with Gasteiger partial charge in [0.15, 0.2) is 0 Å². The highest BCUT2D eigenvalue weighted by atomic mass is 16.5. The first-order valence-corrected chi connectivity index (χ1v) is 8.93. The molecule has 0 spiro atoms. The van der Waals surface area contributed by atoms with Crippen LogP contribution < -0.4 is 0 Å². The monoisotopic (exact) mass is 309 g/mol. The molecule has 2 heterocycles. The molecule has 5 nitrogen and oxygen atoms in total. The molecule has 1 amide bonds. The minimum Gasteiger partial charge on any atom is -0.380 e. The van der Waals surface area contributed by atoms with Crippen LogP contribution >= 0.6 is 0 Å². The second-order valence-electron chi connectivity index (χ2n) is 7.36. The summed E-state index contributed by atoms with van der Waals surface area (Å²) in [6, 6.07) is 0.651. The van der Waals surface area contributed by atoms with Crippen molar-refractivity contribution in [3.8, 4) is 0 Å². The third kappa shape index (κ3) is 4.21. The Hall–Kier alpha value is -0.650. The van der Waals surface area contributed by atoms with Crippen molar-refractivity contribution in [2.24, 2.45) is 11.8 Å². The summed E-state index contributed by atoms with van der Waals surface area (Å²) in [7, 11) is 0. The molecular weight excluding hydrogens is 278 g/mol. The third-order valence-electron chi connectivity index (χ3n) is 5.48. The van der Waals surface area contributed by atoms with Gasteiger partial charge in [0.25, 0.3) is 0 Å². The summed E-state index contributed by atoms with van der Waals surface area (Å²) >= 11 is 0. The van der Waals surface area contributed by atoms with Gasteiger partial charge in [-0.05, 0) is 24.7 Å². The number of rotatable bonds is 6. The molecular formula is C17H31N3O2. The Kier molecular flexibility index (Phi) is 5.37. The van der Waals surface area contributed by atoms with E-state index in [0.717, 1.165) is 58.4 Å². The first kappa shape index (κ1) is 16.2. The number of carbonyl (C=O) groups is 1. The highest BCUT2D eigenvalue weighted by Crippen LogP contribution is 2.28. The molecule has 2 aliphatic heterocycles. The number of hydrogen-bond donors (Lipinski definition) is 0. The quantitative estimate of drug-likeness (QED) is 0.683. The van der Waals surface area contributed by atoms with E-state index in [1.807, 2.05) is 4.90 Å². The number of carbonyl (C=O) groups excluding carboxylic acids is 1. The van der Waals surface area contributed by atoms with Crippen molar-refractivity contribution in [1.29, 1.82) is 0 Å². The average Bonchev–Trinajstić information content (AvgIpc) is 3.26. The maximum atomic E-state index is 11.4. The standard InChI is InChI=1S/C17H31N3O2/c1-14-11-18(9-10-22-13-16-3-4-16)12-17(14)20-7-5-19(6-8-20)15(2)21/h14,16-17H,3-13H2,1-2H3. The van der Waals surface area contributed by atoms with Gasteiger partial charge in [0.2, 0.25) is 5.91 Å². The summed E-state index contributed by atoms with van der Waals surface area (Å²) in [6.07, 6.45) is 2.74. The SMILES string of the molecule is CC(=O)N1CCN(C2CN(CCOCC3CC3)CC2C)CC1. The number of likely N-dealkylation sites (tertiary alicyclic amines) is 1. The Labute approximate surface area is 134 Å². The fourth-order valence-corrected chi connectivity index (χ4v) is 3.80. The Morgan fingerprint density at radius 3 is 2.50 bits per heavy atom. The minimum atomic E-state index is 0.216. The van der Waals surface area contributed by atoms with E-state index in [4.69, 9.17) is 4.74 Å². The van der Waals surface area contributed by atoms with E-state index < -0.39 is 0 Å². The second kappa shape index (κ2) is 7.28. The van der Waals surface area contributed by atoms with Crippen molar-refractivity contribution >= 4 is 5.91 Å². The van der Waals surface area contributed by atoms with Gasteiger partial charge in [-0.15, -0.1) is 0 Å². The van der Waals surface area contributed by atoms with Gasteiger partial charge in [-0.1, -0.05) is 6.92 Å². The summed E-state index contributed by atoms with van der Waals surface area (Å²) < 4.78 is 5.78. The van der Waals surface area contributed by atoms with E-state index in [1.165, 1.54) is 19.4 Å². The van der Waals surface area contributed by atoms with Crippen molar-refractivity contribution in [2.45, 2.75) is 32.7 Å². The second-order valence-corrected chi connectivity index (χ2v) is 7.36. The van der Waals surface area contributed by atoms with Crippen LogP contribution in [0, 0.1) is 11.8 Å². The van der Waals surface area contributed by atoms with Gasteiger partial charge in [-0.3, -0.25) is 14.6 Å². The first-order chi connectivity index (χ1) is 10.6. The Morgan fingerprint density at radius 2 is 1.86 bits per heavy atom. The van der Waals surface area contributed by atoms with E-state index in [0.29, 0.717) is 12.0 Å². The fourth-order valence-electron chi connectivity index (χ4n) is 3.80. The zero-order valence-electron chi connectivity index (χ0n) is 14.2. The van der Waals surface area contributed by atoms with Crippen molar-refractivity contribution in [1.82, 2.24) is 14.7 Å². The van der Waals surface area contributed by atoms with Gasteiger partial charge in [-0.25, -0.2) is 0 Å². The molecule has 0 aromatic heterocycles. The summed E-state index contributed by atoms with van der Waals surface area (Å²) in [4.78, 5) is 18.5. The molecule has 5 heteroatoms. The molecule has 2 atom stereocenters. The zero-order chi connectivity index (χ0) is 15.5. The Balaban J connectivity index is 1.37. The van der Waals surface area contributed by atoms with Gasteiger partial charge >= 0.3 is 0 Å². The van der Waals surface area contributed by atoms with E-state index in [2.05, 4.69) is 16.7 Å². The zero-order valence-corrected chi connectivity index (χ0v) is 14.2. The smallest absolute Gasteiger partial charge is 0.219 e. The third-order valence-corrected chi connectivity index (χ3v) is 5.48. The van der Waals surface area contributed by atoms with Gasteiger partial charge < -0.3 is 9.64 Å². The lowest BCUT2D eigenvalue weighted by molar-refractivity contribution is -0.130. The minimum absolute atomic E-state index is 0.216. The van der Waals surface area contributed by atoms with E-state index >= 15 is 0 Å². The molecule has 1 saturated carbocycles. The van der Waals surface area contributed by atoms with E-state index in [-0.39, 0.29) is 5.91 Å². The van der Waals surface area contributed by atoms with Gasteiger partial charge in [0, 0.05) is 65.4 Å². The summed E-state index contributed by atoms with van der Waals surface area (Å²) in [5.41, 5.74) is 0. The highest BCUT2D eigenvalue weighted by molar-refractivity contribution is 5.73. The molecule has 0 aromatic rings. The van der Waals surface area contributed by atoms with Gasteiger partial charge in [0.1, 0.15) is 0 Å². The lowest BCUT2D eigenvalue weighted by Gasteiger charge is -2.39. The van der Waals surface area contributed by atoms with Gasteiger partial charge in [-0.2, -0.15) is 0 Å². The highest BCUT2D eigenvalue weighted by Gasteiger charge is 2.35. The first-order valence-electron chi connectivity index (χ1n) is 8.93. The molecule has 2 unspecified atom stereocenters. The number of nitrogens with zero attached hydrogens (tertiary/aromatic N) is 3. The Morgan fingerprint density at radius 1 is 1.14 bits per heavy atom.